The van der Waals surface area contributed by atoms with Crippen LogP contribution in [0.15, 0.2) is 33.7 Å². The van der Waals surface area contributed by atoms with Crippen molar-refractivity contribution in [2.24, 2.45) is 0 Å². The minimum Gasteiger partial charge on any atom is -0.398 e. The molecule has 76 valence electrons. The lowest BCUT2D eigenvalue weighted by atomic mass is 10.3. The number of benzene rings is 1. The second-order valence-electron chi connectivity index (χ2n) is 2.50. The van der Waals surface area contributed by atoms with E-state index < -0.39 is 0 Å². The molecule has 0 radical (unpaired) electrons. The van der Waals surface area contributed by atoms with E-state index in [-0.39, 0.29) is 0 Å². The van der Waals surface area contributed by atoms with Crippen LogP contribution in [0.5, 0.6) is 0 Å². The van der Waals surface area contributed by atoms with Gasteiger partial charge in [-0.2, -0.15) is 0 Å². The van der Waals surface area contributed by atoms with Crippen molar-refractivity contribution in [3.05, 3.63) is 33.8 Å². The first-order valence-electron chi connectivity index (χ1n) is 3.76. The summed E-state index contributed by atoms with van der Waals surface area (Å²) in [5.41, 5.74) is 7.74. The van der Waals surface area contributed by atoms with E-state index in [1.165, 1.54) is 17.3 Å². The quantitative estimate of drug-likeness (QED) is 0.652. The first-order chi connectivity index (χ1) is 6.65. The summed E-state index contributed by atoms with van der Waals surface area (Å²) in [5.74, 6) is 0.568. The van der Waals surface area contributed by atoms with E-state index in [0.29, 0.717) is 21.5 Å². The summed E-state index contributed by atoms with van der Waals surface area (Å²) in [4.78, 5) is 0.839. The van der Waals surface area contributed by atoms with Gasteiger partial charge in [0.25, 0.3) is 0 Å². The van der Waals surface area contributed by atoms with Crippen molar-refractivity contribution in [1.29, 1.82) is 0 Å². The zero-order valence-electron chi connectivity index (χ0n) is 7.14. The van der Waals surface area contributed by atoms with Gasteiger partial charge in [-0.3, -0.25) is 0 Å². The molecule has 1 aromatic rings. The Bertz CT molecular complexity index is 332. The molecule has 0 atom stereocenters. The van der Waals surface area contributed by atoms with Crippen molar-refractivity contribution in [3.63, 3.8) is 0 Å². The largest absolute Gasteiger partial charge is 0.398 e. The molecule has 1 aromatic carbocycles. The lowest BCUT2D eigenvalue weighted by molar-refractivity contribution is 1.45. The second-order valence-corrected chi connectivity index (χ2v) is 4.60. The van der Waals surface area contributed by atoms with Gasteiger partial charge in [0.05, 0.1) is 5.02 Å². The molecule has 1 nitrogen and oxygen atoms in total. The number of hydrogen-bond acceptors (Lipinski definition) is 2. The number of halogens is 3. The van der Waals surface area contributed by atoms with Crippen molar-refractivity contribution in [2.45, 2.75) is 4.90 Å². The van der Waals surface area contributed by atoms with Gasteiger partial charge in [-0.1, -0.05) is 40.9 Å². The molecule has 5 heteroatoms. The summed E-state index contributed by atoms with van der Waals surface area (Å²) in [6.07, 6.45) is 0. The zero-order chi connectivity index (χ0) is 10.6. The van der Waals surface area contributed by atoms with Crippen molar-refractivity contribution < 1.29 is 0 Å². The molecule has 0 spiro atoms. The Morgan fingerprint density at radius 2 is 2.21 bits per heavy atom. The molecule has 0 aromatic heterocycles. The van der Waals surface area contributed by atoms with E-state index in [9.17, 15) is 0 Å². The fourth-order valence-electron chi connectivity index (χ4n) is 0.850. The fourth-order valence-corrected chi connectivity index (χ4v) is 2.33. The van der Waals surface area contributed by atoms with Crippen molar-refractivity contribution in [3.8, 4) is 0 Å². The standard InChI is InChI=1S/C9H8Cl3NS/c10-4-6(11)5-14-9-7(12)2-1-3-8(9)13/h1-4H,5,13H2/b6-4-. The molecule has 14 heavy (non-hydrogen) atoms. The third-order valence-electron chi connectivity index (χ3n) is 1.47. The average Bonchev–Trinajstić information content (AvgIpc) is 2.16. The highest BCUT2D eigenvalue weighted by Crippen LogP contribution is 2.33. The maximum atomic E-state index is 5.96. The van der Waals surface area contributed by atoms with E-state index in [4.69, 9.17) is 40.5 Å². The third kappa shape index (κ3) is 3.28. The molecule has 0 aliphatic carbocycles. The molecule has 0 amide bonds. The number of thioether (sulfide) groups is 1. The second kappa shape index (κ2) is 5.76. The van der Waals surface area contributed by atoms with Crippen LogP contribution in [0.2, 0.25) is 5.02 Å². The molecule has 0 saturated carbocycles. The smallest absolute Gasteiger partial charge is 0.0562 e. The van der Waals surface area contributed by atoms with Crippen LogP contribution in [0.4, 0.5) is 5.69 Å². The average molecular weight is 269 g/mol. The Morgan fingerprint density at radius 3 is 2.79 bits per heavy atom. The number of anilines is 1. The maximum Gasteiger partial charge on any atom is 0.0562 e. The molecule has 0 saturated heterocycles. The normalized spacial score (nSPS) is 11.8. The highest BCUT2D eigenvalue weighted by Gasteiger charge is 2.05. The van der Waals surface area contributed by atoms with Gasteiger partial charge in [-0.05, 0) is 12.1 Å². The lowest BCUT2D eigenvalue weighted by Crippen LogP contribution is -1.89. The molecule has 0 aliphatic heterocycles. The molecule has 0 unspecified atom stereocenters. The number of hydrogen-bond donors (Lipinski definition) is 1. The van der Waals surface area contributed by atoms with Crippen LogP contribution in [0.3, 0.4) is 0 Å². The highest BCUT2D eigenvalue weighted by atomic mass is 35.5. The molecule has 2 N–H and O–H groups in total. The van der Waals surface area contributed by atoms with Gasteiger partial charge in [0.2, 0.25) is 0 Å². The molecular formula is C9H8Cl3NS. The predicted molar refractivity (Wildman–Crippen MR) is 66.4 cm³/mol. The first kappa shape index (κ1) is 12.1. The Hall–Kier alpha value is -0.0200. The van der Waals surface area contributed by atoms with E-state index in [0.717, 1.165) is 4.90 Å². The minimum atomic E-state index is 0.566. The van der Waals surface area contributed by atoms with Crippen LogP contribution in [-0.2, 0) is 0 Å². The number of nitrogens with two attached hydrogens (primary N) is 1. The minimum absolute atomic E-state index is 0.566. The summed E-state index contributed by atoms with van der Waals surface area (Å²) in [6.45, 7) is 0. The first-order valence-corrected chi connectivity index (χ1v) is 5.94. The van der Waals surface area contributed by atoms with Gasteiger partial charge in [0, 0.05) is 26.9 Å². The van der Waals surface area contributed by atoms with Crippen LogP contribution in [0.1, 0.15) is 0 Å². The summed E-state index contributed by atoms with van der Waals surface area (Å²) in [5, 5.41) is 1.20. The van der Waals surface area contributed by atoms with Gasteiger partial charge >= 0.3 is 0 Å². The van der Waals surface area contributed by atoms with Gasteiger partial charge in [-0.15, -0.1) is 11.8 Å². The molecule has 0 heterocycles. The molecule has 0 fully saturated rings. The van der Waals surface area contributed by atoms with Crippen molar-refractivity contribution in [2.75, 3.05) is 11.5 Å². The monoisotopic (exact) mass is 267 g/mol. The highest BCUT2D eigenvalue weighted by molar-refractivity contribution is 7.99. The molecule has 0 bridgehead atoms. The van der Waals surface area contributed by atoms with Gasteiger partial charge in [-0.25, -0.2) is 0 Å². The topological polar surface area (TPSA) is 26.0 Å². The summed E-state index contributed by atoms with van der Waals surface area (Å²) < 4.78 is 0. The van der Waals surface area contributed by atoms with Gasteiger partial charge in [0.15, 0.2) is 0 Å². The maximum absolute atomic E-state index is 5.96. The number of rotatable bonds is 3. The van der Waals surface area contributed by atoms with Crippen molar-refractivity contribution in [1.82, 2.24) is 0 Å². The van der Waals surface area contributed by atoms with E-state index >= 15 is 0 Å². The zero-order valence-corrected chi connectivity index (χ0v) is 10.2. The Morgan fingerprint density at radius 1 is 1.50 bits per heavy atom. The van der Waals surface area contributed by atoms with E-state index in [1.54, 1.807) is 18.2 Å². The number of nitrogen functional groups attached to an aromatic ring is 1. The summed E-state index contributed by atoms with van der Waals surface area (Å²) in [7, 11) is 0. The van der Waals surface area contributed by atoms with Crippen LogP contribution in [0.25, 0.3) is 0 Å². The summed E-state index contributed by atoms with van der Waals surface area (Å²) in [6, 6.07) is 5.39. The van der Waals surface area contributed by atoms with Crippen LogP contribution in [-0.4, -0.2) is 5.75 Å². The van der Waals surface area contributed by atoms with Gasteiger partial charge in [0.1, 0.15) is 0 Å². The van der Waals surface area contributed by atoms with Crippen molar-refractivity contribution >= 4 is 52.3 Å². The SMILES string of the molecule is Nc1cccc(Cl)c1SC/C(Cl)=C/Cl. The molecular weight excluding hydrogens is 261 g/mol. The Kier molecular flexibility index (Phi) is 4.96. The van der Waals surface area contributed by atoms with E-state index in [2.05, 4.69) is 0 Å². The van der Waals surface area contributed by atoms with Crippen LogP contribution < -0.4 is 5.73 Å². The summed E-state index contributed by atoms with van der Waals surface area (Å²) >= 11 is 18.6. The Balaban J connectivity index is 2.76. The predicted octanol–water partition coefficient (Wildman–Crippen LogP) is 4.33. The van der Waals surface area contributed by atoms with Crippen LogP contribution in [0, 0.1) is 0 Å². The fraction of sp³-hybridized carbons (Fsp3) is 0.111. The lowest BCUT2D eigenvalue weighted by Gasteiger charge is -2.06. The Labute approximate surface area is 102 Å². The molecule has 1 rings (SSSR count). The molecule has 0 aliphatic rings. The van der Waals surface area contributed by atoms with Gasteiger partial charge < -0.3 is 5.73 Å². The third-order valence-corrected chi connectivity index (χ3v) is 3.87. The van der Waals surface area contributed by atoms with Crippen LogP contribution >= 0.6 is 46.6 Å². The van der Waals surface area contributed by atoms with E-state index in [1.807, 2.05) is 0 Å².